The summed E-state index contributed by atoms with van der Waals surface area (Å²) in [4.78, 5) is 13.6. The van der Waals surface area contributed by atoms with Gasteiger partial charge in [0.05, 0.1) is 6.10 Å². The standard InChI is InChI=1S/C15H22BNO4/c1-11(2)21-15(18)17-9-7-13(8-10-17)12-3-5-14(6-4-12)16(19)20/h3-6,11,13,19-20H,7-10H2,1-2H3. The molecule has 1 aromatic carbocycles. The molecule has 0 atom stereocenters. The van der Waals surface area contributed by atoms with Crippen LogP contribution in [0.15, 0.2) is 24.3 Å². The van der Waals surface area contributed by atoms with Gasteiger partial charge < -0.3 is 19.7 Å². The van der Waals surface area contributed by atoms with Crippen molar-refractivity contribution in [1.29, 1.82) is 0 Å². The minimum absolute atomic E-state index is 0.0901. The molecule has 0 radical (unpaired) electrons. The maximum absolute atomic E-state index is 11.8. The van der Waals surface area contributed by atoms with Crippen molar-refractivity contribution < 1.29 is 19.6 Å². The second-order valence-corrected chi connectivity index (χ2v) is 5.73. The molecule has 2 rings (SSSR count). The van der Waals surface area contributed by atoms with Crippen LogP contribution in [0.25, 0.3) is 0 Å². The van der Waals surface area contributed by atoms with Crippen LogP contribution in [0.5, 0.6) is 0 Å². The van der Waals surface area contributed by atoms with Gasteiger partial charge in [-0.1, -0.05) is 24.3 Å². The van der Waals surface area contributed by atoms with Crippen LogP contribution in [0.1, 0.15) is 38.2 Å². The number of hydrogen-bond acceptors (Lipinski definition) is 4. The zero-order chi connectivity index (χ0) is 15.4. The quantitative estimate of drug-likeness (QED) is 0.818. The monoisotopic (exact) mass is 291 g/mol. The summed E-state index contributed by atoms with van der Waals surface area (Å²) in [6.07, 6.45) is 1.47. The predicted octanol–water partition coefficient (Wildman–Crippen LogP) is 1.09. The molecule has 2 N–H and O–H groups in total. The molecule has 1 amide bonds. The maximum Gasteiger partial charge on any atom is 0.488 e. The van der Waals surface area contributed by atoms with E-state index in [-0.39, 0.29) is 12.2 Å². The fourth-order valence-corrected chi connectivity index (χ4v) is 2.61. The van der Waals surface area contributed by atoms with E-state index < -0.39 is 7.12 Å². The van der Waals surface area contributed by atoms with Gasteiger partial charge in [-0.15, -0.1) is 0 Å². The fourth-order valence-electron chi connectivity index (χ4n) is 2.61. The van der Waals surface area contributed by atoms with Crippen molar-refractivity contribution in [3.63, 3.8) is 0 Å². The number of nitrogens with zero attached hydrogens (tertiary/aromatic N) is 1. The average Bonchev–Trinajstić information content (AvgIpc) is 2.47. The highest BCUT2D eigenvalue weighted by atomic mass is 16.6. The molecular formula is C15H22BNO4. The van der Waals surface area contributed by atoms with Crippen LogP contribution >= 0.6 is 0 Å². The molecule has 6 heteroatoms. The van der Waals surface area contributed by atoms with Gasteiger partial charge in [0, 0.05) is 13.1 Å². The van der Waals surface area contributed by atoms with Gasteiger partial charge in [-0.25, -0.2) is 4.79 Å². The number of piperidine rings is 1. The van der Waals surface area contributed by atoms with Gasteiger partial charge in [0.15, 0.2) is 0 Å². The topological polar surface area (TPSA) is 70.0 Å². The predicted molar refractivity (Wildman–Crippen MR) is 81.4 cm³/mol. The van der Waals surface area contributed by atoms with Crippen molar-refractivity contribution in [2.24, 2.45) is 0 Å². The number of rotatable bonds is 3. The number of ether oxygens (including phenoxy) is 1. The first kappa shape index (κ1) is 15.9. The number of amides is 1. The van der Waals surface area contributed by atoms with Crippen molar-refractivity contribution in [2.75, 3.05) is 13.1 Å². The summed E-state index contributed by atoms with van der Waals surface area (Å²) in [7, 11) is -1.42. The Morgan fingerprint density at radius 1 is 1.24 bits per heavy atom. The van der Waals surface area contributed by atoms with Crippen LogP contribution in [0.4, 0.5) is 4.79 Å². The molecule has 114 valence electrons. The van der Waals surface area contributed by atoms with Crippen molar-refractivity contribution >= 4 is 18.7 Å². The highest BCUT2D eigenvalue weighted by Crippen LogP contribution is 2.27. The Labute approximate surface area is 125 Å². The Bertz CT molecular complexity index is 467. The van der Waals surface area contributed by atoms with Gasteiger partial charge in [0.2, 0.25) is 0 Å². The third-order valence-corrected chi connectivity index (χ3v) is 3.80. The Balaban J connectivity index is 1.90. The van der Waals surface area contributed by atoms with Gasteiger partial charge in [-0.2, -0.15) is 0 Å². The Morgan fingerprint density at radius 3 is 2.29 bits per heavy atom. The lowest BCUT2D eigenvalue weighted by Gasteiger charge is -2.32. The molecule has 1 aromatic rings. The first-order valence-electron chi connectivity index (χ1n) is 7.39. The molecule has 1 aliphatic heterocycles. The summed E-state index contributed by atoms with van der Waals surface area (Å²) in [5, 5.41) is 18.2. The fraction of sp³-hybridized carbons (Fsp3) is 0.533. The van der Waals surface area contributed by atoms with Gasteiger partial charge in [-0.3, -0.25) is 0 Å². The Kier molecular flexibility index (Phi) is 5.25. The van der Waals surface area contributed by atoms with Gasteiger partial charge in [-0.05, 0) is 43.6 Å². The van der Waals surface area contributed by atoms with E-state index in [1.54, 1.807) is 17.0 Å². The number of carbonyl (C=O) groups excluding carboxylic acids is 1. The molecule has 0 aliphatic carbocycles. The van der Waals surface area contributed by atoms with Gasteiger partial charge >= 0.3 is 13.2 Å². The third-order valence-electron chi connectivity index (χ3n) is 3.80. The zero-order valence-electron chi connectivity index (χ0n) is 12.5. The number of likely N-dealkylation sites (tertiary alicyclic amines) is 1. The molecule has 0 unspecified atom stereocenters. The van der Waals surface area contributed by atoms with E-state index >= 15 is 0 Å². The van der Waals surface area contributed by atoms with E-state index in [0.29, 0.717) is 24.5 Å². The Hall–Kier alpha value is -1.53. The van der Waals surface area contributed by atoms with Crippen molar-refractivity contribution in [3.05, 3.63) is 29.8 Å². The highest BCUT2D eigenvalue weighted by Gasteiger charge is 2.25. The molecule has 1 heterocycles. The smallest absolute Gasteiger partial charge is 0.447 e. The second-order valence-electron chi connectivity index (χ2n) is 5.73. The Morgan fingerprint density at radius 2 is 1.81 bits per heavy atom. The first-order chi connectivity index (χ1) is 9.97. The van der Waals surface area contributed by atoms with Crippen molar-refractivity contribution in [1.82, 2.24) is 4.90 Å². The summed E-state index contributed by atoms with van der Waals surface area (Å²) < 4.78 is 5.20. The zero-order valence-corrected chi connectivity index (χ0v) is 12.5. The number of carbonyl (C=O) groups is 1. The minimum atomic E-state index is -1.42. The van der Waals surface area contributed by atoms with Crippen molar-refractivity contribution in [2.45, 2.75) is 38.7 Å². The molecular weight excluding hydrogens is 269 g/mol. The normalized spacial score (nSPS) is 16.1. The van der Waals surface area contributed by atoms with Gasteiger partial charge in [0.25, 0.3) is 0 Å². The van der Waals surface area contributed by atoms with Crippen molar-refractivity contribution in [3.8, 4) is 0 Å². The molecule has 1 saturated heterocycles. The summed E-state index contributed by atoms with van der Waals surface area (Å²) >= 11 is 0. The minimum Gasteiger partial charge on any atom is -0.447 e. The van der Waals surface area contributed by atoms with E-state index in [2.05, 4.69) is 0 Å². The van der Waals surface area contributed by atoms with E-state index in [1.165, 1.54) is 5.56 Å². The van der Waals surface area contributed by atoms with Crippen LogP contribution in [-0.4, -0.2) is 47.4 Å². The van der Waals surface area contributed by atoms with Crippen LogP contribution in [0, 0.1) is 0 Å². The highest BCUT2D eigenvalue weighted by molar-refractivity contribution is 6.58. The molecule has 0 saturated carbocycles. The summed E-state index contributed by atoms with van der Waals surface area (Å²) in [6, 6.07) is 7.34. The molecule has 0 aromatic heterocycles. The van der Waals surface area contributed by atoms with Crippen LogP contribution in [0.3, 0.4) is 0 Å². The first-order valence-corrected chi connectivity index (χ1v) is 7.39. The number of hydrogen-bond donors (Lipinski definition) is 2. The lowest BCUT2D eigenvalue weighted by molar-refractivity contribution is 0.0692. The summed E-state index contributed by atoms with van der Waals surface area (Å²) in [5.74, 6) is 0.401. The average molecular weight is 291 g/mol. The van der Waals surface area contributed by atoms with Gasteiger partial charge in [0.1, 0.15) is 0 Å². The lowest BCUT2D eigenvalue weighted by atomic mass is 9.78. The maximum atomic E-state index is 11.8. The van der Waals surface area contributed by atoms with E-state index in [4.69, 9.17) is 14.8 Å². The van der Waals surface area contributed by atoms with Crippen LogP contribution in [-0.2, 0) is 4.74 Å². The lowest BCUT2D eigenvalue weighted by Crippen LogP contribution is -2.39. The SMILES string of the molecule is CC(C)OC(=O)N1CCC(c2ccc(B(O)O)cc2)CC1. The molecule has 5 nitrogen and oxygen atoms in total. The largest absolute Gasteiger partial charge is 0.488 e. The van der Waals surface area contributed by atoms with Crippen LogP contribution < -0.4 is 5.46 Å². The molecule has 21 heavy (non-hydrogen) atoms. The van der Waals surface area contributed by atoms with E-state index in [9.17, 15) is 4.79 Å². The molecule has 0 spiro atoms. The van der Waals surface area contributed by atoms with Crippen LogP contribution in [0.2, 0.25) is 0 Å². The molecule has 1 aliphatic rings. The number of benzene rings is 1. The molecule has 0 bridgehead atoms. The summed E-state index contributed by atoms with van der Waals surface area (Å²) in [5.41, 5.74) is 1.67. The third kappa shape index (κ3) is 4.22. The van der Waals surface area contributed by atoms with E-state index in [1.807, 2.05) is 26.0 Å². The molecule has 1 fully saturated rings. The van der Waals surface area contributed by atoms with E-state index in [0.717, 1.165) is 12.8 Å². The second kappa shape index (κ2) is 6.96. The summed E-state index contributed by atoms with van der Waals surface area (Å²) in [6.45, 7) is 5.09.